The molecule has 1 atom stereocenters. The van der Waals surface area contributed by atoms with Gasteiger partial charge in [-0.15, -0.1) is 0 Å². The van der Waals surface area contributed by atoms with Crippen molar-refractivity contribution in [3.63, 3.8) is 0 Å². The molecule has 0 spiro atoms. The highest BCUT2D eigenvalue weighted by Gasteiger charge is 2.14. The molecule has 1 unspecified atom stereocenters. The van der Waals surface area contributed by atoms with Crippen molar-refractivity contribution in [3.8, 4) is 0 Å². The van der Waals surface area contributed by atoms with Gasteiger partial charge in [0.1, 0.15) is 0 Å². The van der Waals surface area contributed by atoms with Crippen molar-refractivity contribution in [2.75, 3.05) is 53.2 Å². The second-order valence-corrected chi connectivity index (χ2v) is 6.28. The summed E-state index contributed by atoms with van der Waals surface area (Å²) < 4.78 is 16.7. The molecule has 0 aromatic heterocycles. The van der Waals surface area contributed by atoms with Crippen LogP contribution < -0.4 is 10.6 Å². The molecule has 1 saturated heterocycles. The maximum Gasteiger partial charge on any atom is 0.191 e. The molecule has 0 aromatic carbocycles. The van der Waals surface area contributed by atoms with Gasteiger partial charge in [0.15, 0.2) is 5.96 Å². The normalized spacial score (nSPS) is 18.6. The molecule has 0 aliphatic carbocycles. The van der Waals surface area contributed by atoms with Crippen LogP contribution in [0.1, 0.15) is 39.5 Å². The van der Waals surface area contributed by atoms with Crippen LogP contribution in [0, 0.1) is 5.92 Å². The van der Waals surface area contributed by atoms with Gasteiger partial charge in [0.2, 0.25) is 0 Å². The topological polar surface area (TPSA) is 64.1 Å². The summed E-state index contributed by atoms with van der Waals surface area (Å²) in [4.78, 5) is 4.19. The van der Waals surface area contributed by atoms with E-state index in [0.29, 0.717) is 18.6 Å². The van der Waals surface area contributed by atoms with Crippen molar-refractivity contribution in [1.29, 1.82) is 0 Å². The first-order valence-corrected chi connectivity index (χ1v) is 8.94. The van der Waals surface area contributed by atoms with E-state index < -0.39 is 0 Å². The quantitative estimate of drug-likeness (QED) is 0.325. The molecule has 1 heterocycles. The van der Waals surface area contributed by atoms with Crippen LogP contribution in [0.15, 0.2) is 4.99 Å². The molecule has 0 aromatic rings. The lowest BCUT2D eigenvalue weighted by Gasteiger charge is -2.13. The van der Waals surface area contributed by atoms with E-state index in [1.54, 1.807) is 7.05 Å². The van der Waals surface area contributed by atoms with Crippen LogP contribution >= 0.6 is 0 Å². The zero-order valence-corrected chi connectivity index (χ0v) is 15.1. The summed E-state index contributed by atoms with van der Waals surface area (Å²) in [5, 5.41) is 6.53. The van der Waals surface area contributed by atoms with Gasteiger partial charge in [-0.25, -0.2) is 0 Å². The number of aliphatic imine (C=N–C) groups is 1. The number of guanidine groups is 1. The number of nitrogens with zero attached hydrogens (tertiary/aromatic N) is 1. The molecule has 1 aliphatic heterocycles. The standard InChI is InChI=1S/C17H35N3O3/c1-15(2)7-12-21-13-9-20-17(18-3)19-8-5-10-22-14-16-6-4-11-23-16/h15-16H,4-14H2,1-3H3,(H2,18,19,20). The van der Waals surface area contributed by atoms with Gasteiger partial charge in [0, 0.05) is 40.0 Å². The van der Waals surface area contributed by atoms with Gasteiger partial charge in [-0.3, -0.25) is 4.99 Å². The molecule has 2 N–H and O–H groups in total. The van der Waals surface area contributed by atoms with E-state index in [9.17, 15) is 0 Å². The highest BCUT2D eigenvalue weighted by Crippen LogP contribution is 2.11. The Morgan fingerprint density at radius 2 is 2.00 bits per heavy atom. The van der Waals surface area contributed by atoms with E-state index in [2.05, 4.69) is 29.5 Å². The summed E-state index contributed by atoms with van der Waals surface area (Å²) in [6.45, 7) is 9.93. The zero-order chi connectivity index (χ0) is 16.8. The molecule has 1 fully saturated rings. The number of hydrogen-bond donors (Lipinski definition) is 2. The monoisotopic (exact) mass is 329 g/mol. The zero-order valence-electron chi connectivity index (χ0n) is 15.1. The third-order valence-electron chi connectivity index (χ3n) is 3.69. The molecule has 6 heteroatoms. The van der Waals surface area contributed by atoms with E-state index in [-0.39, 0.29) is 0 Å². The fourth-order valence-corrected chi connectivity index (χ4v) is 2.25. The largest absolute Gasteiger partial charge is 0.380 e. The van der Waals surface area contributed by atoms with Crippen molar-refractivity contribution >= 4 is 5.96 Å². The molecule has 23 heavy (non-hydrogen) atoms. The minimum Gasteiger partial charge on any atom is -0.380 e. The van der Waals surface area contributed by atoms with Gasteiger partial charge >= 0.3 is 0 Å². The Hall–Kier alpha value is -0.850. The Bertz CT molecular complexity index is 305. The maximum absolute atomic E-state index is 5.63. The highest BCUT2D eigenvalue weighted by atomic mass is 16.5. The van der Waals surface area contributed by atoms with Gasteiger partial charge in [-0.1, -0.05) is 13.8 Å². The molecule has 1 rings (SSSR count). The first-order valence-electron chi connectivity index (χ1n) is 8.94. The average molecular weight is 329 g/mol. The second-order valence-electron chi connectivity index (χ2n) is 6.28. The smallest absolute Gasteiger partial charge is 0.191 e. The van der Waals surface area contributed by atoms with Crippen LogP contribution in [0.25, 0.3) is 0 Å². The summed E-state index contributed by atoms with van der Waals surface area (Å²) in [7, 11) is 1.78. The van der Waals surface area contributed by atoms with Crippen LogP contribution in [-0.2, 0) is 14.2 Å². The number of nitrogens with one attached hydrogen (secondary N) is 2. The Labute approximate surface area is 141 Å². The van der Waals surface area contributed by atoms with Crippen molar-refractivity contribution in [2.45, 2.75) is 45.6 Å². The fraction of sp³-hybridized carbons (Fsp3) is 0.941. The predicted molar refractivity (Wildman–Crippen MR) is 94.0 cm³/mol. The molecule has 0 radical (unpaired) electrons. The van der Waals surface area contributed by atoms with Crippen LogP contribution in [0.2, 0.25) is 0 Å². The molecule has 0 saturated carbocycles. The van der Waals surface area contributed by atoms with Crippen molar-refractivity contribution < 1.29 is 14.2 Å². The van der Waals surface area contributed by atoms with E-state index in [0.717, 1.165) is 64.7 Å². The van der Waals surface area contributed by atoms with Gasteiger partial charge in [-0.2, -0.15) is 0 Å². The Morgan fingerprint density at radius 1 is 1.17 bits per heavy atom. The Morgan fingerprint density at radius 3 is 2.70 bits per heavy atom. The Kier molecular flexibility index (Phi) is 11.9. The van der Waals surface area contributed by atoms with Gasteiger partial charge in [0.05, 0.1) is 19.3 Å². The van der Waals surface area contributed by atoms with Crippen LogP contribution in [0.5, 0.6) is 0 Å². The summed E-state index contributed by atoms with van der Waals surface area (Å²) in [6.07, 6.45) is 4.68. The maximum atomic E-state index is 5.63. The number of ether oxygens (including phenoxy) is 3. The number of rotatable bonds is 12. The molecule has 0 amide bonds. The first-order chi connectivity index (χ1) is 11.2. The average Bonchev–Trinajstić information content (AvgIpc) is 3.04. The minimum absolute atomic E-state index is 0.313. The van der Waals surface area contributed by atoms with E-state index in [1.165, 1.54) is 6.42 Å². The molecular weight excluding hydrogens is 294 g/mol. The highest BCUT2D eigenvalue weighted by molar-refractivity contribution is 5.79. The lowest BCUT2D eigenvalue weighted by molar-refractivity contribution is 0.0168. The summed E-state index contributed by atoms with van der Waals surface area (Å²) in [6, 6.07) is 0. The predicted octanol–water partition coefficient (Wildman–Crippen LogP) is 1.80. The first kappa shape index (κ1) is 20.2. The van der Waals surface area contributed by atoms with Crippen molar-refractivity contribution in [3.05, 3.63) is 0 Å². The fourth-order valence-electron chi connectivity index (χ4n) is 2.25. The van der Waals surface area contributed by atoms with E-state index in [4.69, 9.17) is 14.2 Å². The lowest BCUT2D eigenvalue weighted by atomic mass is 10.1. The summed E-state index contributed by atoms with van der Waals surface area (Å²) >= 11 is 0. The van der Waals surface area contributed by atoms with E-state index >= 15 is 0 Å². The van der Waals surface area contributed by atoms with E-state index in [1.807, 2.05) is 0 Å². The third-order valence-corrected chi connectivity index (χ3v) is 3.69. The molecular formula is C17H35N3O3. The Balaban J connectivity index is 1.89. The van der Waals surface area contributed by atoms with Crippen LogP contribution in [0.3, 0.4) is 0 Å². The van der Waals surface area contributed by atoms with Gasteiger partial charge in [-0.05, 0) is 31.6 Å². The summed E-state index contributed by atoms with van der Waals surface area (Å²) in [5.74, 6) is 1.51. The van der Waals surface area contributed by atoms with Crippen molar-refractivity contribution in [2.24, 2.45) is 10.9 Å². The molecule has 1 aliphatic rings. The minimum atomic E-state index is 0.313. The van der Waals surface area contributed by atoms with Gasteiger partial charge in [0.25, 0.3) is 0 Å². The van der Waals surface area contributed by atoms with Crippen molar-refractivity contribution in [1.82, 2.24) is 10.6 Å². The summed E-state index contributed by atoms with van der Waals surface area (Å²) in [5.41, 5.74) is 0. The lowest BCUT2D eigenvalue weighted by Crippen LogP contribution is -2.39. The van der Waals surface area contributed by atoms with Gasteiger partial charge < -0.3 is 24.8 Å². The van der Waals surface area contributed by atoms with Crippen LogP contribution in [-0.4, -0.2) is 65.2 Å². The number of hydrogen-bond acceptors (Lipinski definition) is 4. The molecule has 6 nitrogen and oxygen atoms in total. The van der Waals surface area contributed by atoms with Crippen LogP contribution in [0.4, 0.5) is 0 Å². The molecule has 136 valence electrons. The SMILES string of the molecule is CN=C(NCCCOCC1CCCO1)NCCOCCC(C)C. The molecule has 0 bridgehead atoms. The third kappa shape index (κ3) is 11.3. The second kappa shape index (κ2) is 13.6.